The molecule has 2 rings (SSSR count). The number of non-ortho nitro benzene ring substituents is 1. The first-order chi connectivity index (χ1) is 12.5. The SMILES string of the molecule is CCN(CC)Cc1ccccc1CNC(=O)c1ccc([N+](=O)[O-])cc1Cl. The monoisotopic (exact) mass is 375 g/mol. The van der Waals surface area contributed by atoms with Crippen molar-refractivity contribution in [2.45, 2.75) is 26.9 Å². The van der Waals surface area contributed by atoms with Gasteiger partial charge in [-0.15, -0.1) is 0 Å². The van der Waals surface area contributed by atoms with Gasteiger partial charge in [-0.2, -0.15) is 0 Å². The molecule has 0 atom stereocenters. The Morgan fingerprint density at radius 3 is 2.38 bits per heavy atom. The maximum absolute atomic E-state index is 12.4. The highest BCUT2D eigenvalue weighted by Gasteiger charge is 2.15. The second-order valence-electron chi connectivity index (χ2n) is 5.83. The standard InChI is InChI=1S/C19H22ClN3O3/c1-3-22(4-2)13-15-8-6-5-7-14(15)12-21-19(24)17-10-9-16(23(25)26)11-18(17)20/h5-11H,3-4,12-13H2,1-2H3,(H,21,24). The summed E-state index contributed by atoms with van der Waals surface area (Å²) >= 11 is 6.02. The third-order valence-corrected chi connectivity index (χ3v) is 4.57. The number of nitro benzene ring substituents is 1. The van der Waals surface area contributed by atoms with Gasteiger partial charge >= 0.3 is 0 Å². The van der Waals surface area contributed by atoms with Crippen molar-refractivity contribution < 1.29 is 9.72 Å². The lowest BCUT2D eigenvalue weighted by atomic mass is 10.1. The lowest BCUT2D eigenvalue weighted by Gasteiger charge is -2.20. The van der Waals surface area contributed by atoms with Crippen LogP contribution in [0.3, 0.4) is 0 Å². The largest absolute Gasteiger partial charge is 0.348 e. The van der Waals surface area contributed by atoms with Crippen molar-refractivity contribution in [2.24, 2.45) is 0 Å². The van der Waals surface area contributed by atoms with Gasteiger partial charge in [0.25, 0.3) is 11.6 Å². The molecule has 2 aromatic rings. The van der Waals surface area contributed by atoms with Crippen molar-refractivity contribution in [1.29, 1.82) is 0 Å². The maximum atomic E-state index is 12.4. The van der Waals surface area contributed by atoms with Crippen LogP contribution >= 0.6 is 11.6 Å². The molecule has 0 saturated carbocycles. The smallest absolute Gasteiger partial charge is 0.270 e. The normalized spacial score (nSPS) is 10.8. The lowest BCUT2D eigenvalue weighted by Crippen LogP contribution is -2.26. The first-order valence-corrected chi connectivity index (χ1v) is 8.85. The van der Waals surface area contributed by atoms with Crippen molar-refractivity contribution in [3.8, 4) is 0 Å². The van der Waals surface area contributed by atoms with E-state index in [4.69, 9.17) is 11.6 Å². The van der Waals surface area contributed by atoms with E-state index in [1.54, 1.807) is 0 Å². The number of halogens is 1. The third-order valence-electron chi connectivity index (χ3n) is 4.25. The van der Waals surface area contributed by atoms with Crippen molar-refractivity contribution >= 4 is 23.2 Å². The summed E-state index contributed by atoms with van der Waals surface area (Å²) in [6.07, 6.45) is 0. The molecule has 1 N–H and O–H groups in total. The highest BCUT2D eigenvalue weighted by molar-refractivity contribution is 6.34. The summed E-state index contributed by atoms with van der Waals surface area (Å²) < 4.78 is 0. The lowest BCUT2D eigenvalue weighted by molar-refractivity contribution is -0.384. The highest BCUT2D eigenvalue weighted by atomic mass is 35.5. The summed E-state index contributed by atoms with van der Waals surface area (Å²) in [5.74, 6) is -0.359. The zero-order valence-electron chi connectivity index (χ0n) is 14.9. The molecular weight excluding hydrogens is 354 g/mol. The number of carbonyl (C=O) groups excluding carboxylic acids is 1. The van der Waals surface area contributed by atoms with Crippen LogP contribution in [0.4, 0.5) is 5.69 Å². The maximum Gasteiger partial charge on any atom is 0.270 e. The van der Waals surface area contributed by atoms with E-state index in [0.717, 1.165) is 30.8 Å². The number of hydrogen-bond acceptors (Lipinski definition) is 4. The van der Waals surface area contributed by atoms with Gasteiger partial charge < -0.3 is 5.32 Å². The fourth-order valence-corrected chi connectivity index (χ4v) is 2.91. The Morgan fingerprint density at radius 2 is 1.81 bits per heavy atom. The van der Waals surface area contributed by atoms with Crippen LogP contribution in [0.15, 0.2) is 42.5 Å². The summed E-state index contributed by atoms with van der Waals surface area (Å²) in [4.78, 5) is 24.9. The molecule has 0 aromatic heterocycles. The summed E-state index contributed by atoms with van der Waals surface area (Å²) in [7, 11) is 0. The summed E-state index contributed by atoms with van der Waals surface area (Å²) in [6, 6.07) is 11.8. The Bertz CT molecular complexity index is 791. The molecule has 2 aromatic carbocycles. The van der Waals surface area contributed by atoms with Gasteiger partial charge in [-0.3, -0.25) is 19.8 Å². The van der Waals surface area contributed by atoms with Crippen molar-refractivity contribution in [3.63, 3.8) is 0 Å². The molecule has 0 aliphatic heterocycles. The first kappa shape index (κ1) is 19.9. The van der Waals surface area contributed by atoms with E-state index in [2.05, 4.69) is 30.1 Å². The molecule has 0 fully saturated rings. The van der Waals surface area contributed by atoms with E-state index in [-0.39, 0.29) is 22.2 Å². The van der Waals surface area contributed by atoms with E-state index < -0.39 is 4.92 Å². The zero-order chi connectivity index (χ0) is 19.1. The van der Waals surface area contributed by atoms with E-state index >= 15 is 0 Å². The molecule has 0 aliphatic carbocycles. The topological polar surface area (TPSA) is 75.5 Å². The van der Waals surface area contributed by atoms with Crippen molar-refractivity contribution in [2.75, 3.05) is 13.1 Å². The van der Waals surface area contributed by atoms with Gasteiger partial charge in [-0.1, -0.05) is 49.7 Å². The van der Waals surface area contributed by atoms with Crippen LogP contribution in [-0.2, 0) is 13.1 Å². The molecule has 0 bridgehead atoms. The summed E-state index contributed by atoms with van der Waals surface area (Å²) in [5, 5.41) is 13.7. The predicted octanol–water partition coefficient (Wildman–Crippen LogP) is 4.02. The van der Waals surface area contributed by atoms with Crippen molar-refractivity contribution in [3.05, 3.63) is 74.3 Å². The van der Waals surface area contributed by atoms with Crippen LogP contribution in [-0.4, -0.2) is 28.8 Å². The fourth-order valence-electron chi connectivity index (χ4n) is 2.64. The minimum absolute atomic E-state index is 0.0631. The summed E-state index contributed by atoms with van der Waals surface area (Å²) in [5.41, 5.74) is 2.27. The van der Waals surface area contributed by atoms with Gasteiger partial charge in [0.2, 0.25) is 0 Å². The van der Waals surface area contributed by atoms with Gasteiger partial charge in [0, 0.05) is 25.2 Å². The minimum atomic E-state index is -0.545. The van der Waals surface area contributed by atoms with E-state index in [1.807, 2.05) is 18.2 Å². The number of nitro groups is 1. The minimum Gasteiger partial charge on any atom is -0.348 e. The Morgan fingerprint density at radius 1 is 1.15 bits per heavy atom. The van der Waals surface area contributed by atoms with Crippen LogP contribution in [0, 0.1) is 10.1 Å². The Kier molecular flexibility index (Phi) is 7.12. The van der Waals surface area contributed by atoms with Crippen LogP contribution in [0.5, 0.6) is 0 Å². The molecule has 0 radical (unpaired) electrons. The first-order valence-electron chi connectivity index (χ1n) is 8.47. The van der Waals surface area contributed by atoms with E-state index in [9.17, 15) is 14.9 Å². The number of rotatable bonds is 8. The van der Waals surface area contributed by atoms with E-state index in [0.29, 0.717) is 6.54 Å². The van der Waals surface area contributed by atoms with E-state index in [1.165, 1.54) is 18.2 Å². The molecule has 138 valence electrons. The fraction of sp³-hybridized carbons (Fsp3) is 0.316. The molecule has 26 heavy (non-hydrogen) atoms. The number of carbonyl (C=O) groups is 1. The molecule has 6 nitrogen and oxygen atoms in total. The molecule has 1 amide bonds. The quantitative estimate of drug-likeness (QED) is 0.558. The molecule has 0 saturated heterocycles. The third kappa shape index (κ3) is 5.03. The predicted molar refractivity (Wildman–Crippen MR) is 102 cm³/mol. The molecule has 0 heterocycles. The molecule has 0 unspecified atom stereocenters. The number of benzene rings is 2. The van der Waals surface area contributed by atoms with Gasteiger partial charge in [-0.25, -0.2) is 0 Å². The summed E-state index contributed by atoms with van der Waals surface area (Å²) in [6.45, 7) is 7.32. The van der Waals surface area contributed by atoms with Gasteiger partial charge in [-0.05, 0) is 30.3 Å². The Labute approximate surface area is 157 Å². The number of nitrogens with zero attached hydrogens (tertiary/aromatic N) is 2. The number of amides is 1. The average Bonchev–Trinajstić information content (AvgIpc) is 2.64. The Hall–Kier alpha value is -2.44. The van der Waals surface area contributed by atoms with Gasteiger partial charge in [0.1, 0.15) is 0 Å². The van der Waals surface area contributed by atoms with Gasteiger partial charge in [0.05, 0.1) is 15.5 Å². The van der Waals surface area contributed by atoms with Crippen LogP contribution in [0.1, 0.15) is 35.3 Å². The van der Waals surface area contributed by atoms with Gasteiger partial charge in [0.15, 0.2) is 0 Å². The Balaban J connectivity index is 2.09. The highest BCUT2D eigenvalue weighted by Crippen LogP contribution is 2.22. The van der Waals surface area contributed by atoms with Crippen LogP contribution < -0.4 is 5.32 Å². The van der Waals surface area contributed by atoms with Crippen LogP contribution in [0.2, 0.25) is 5.02 Å². The zero-order valence-corrected chi connectivity index (χ0v) is 15.6. The van der Waals surface area contributed by atoms with Crippen LogP contribution in [0.25, 0.3) is 0 Å². The van der Waals surface area contributed by atoms with Crippen molar-refractivity contribution in [1.82, 2.24) is 10.2 Å². The molecular formula is C19H22ClN3O3. The molecule has 0 spiro atoms. The second-order valence-corrected chi connectivity index (χ2v) is 6.24. The molecule has 0 aliphatic rings. The molecule has 7 heteroatoms. The number of hydrogen-bond donors (Lipinski definition) is 1. The average molecular weight is 376 g/mol. The second kappa shape index (κ2) is 9.31. The number of nitrogens with one attached hydrogen (secondary N) is 1.